The minimum atomic E-state index is -0.694. The minimum absolute atomic E-state index is 0.200. The molecule has 0 unspecified atom stereocenters. The Bertz CT molecular complexity index is 2270. The fourth-order valence-electron chi connectivity index (χ4n) is 5.58. The molecule has 0 saturated heterocycles. The fraction of sp³-hybridized carbons (Fsp3) is 0.108. The summed E-state index contributed by atoms with van der Waals surface area (Å²) in [6, 6.07) is 32.2. The summed E-state index contributed by atoms with van der Waals surface area (Å²) in [6.45, 7) is 2.30. The smallest absolute Gasteiger partial charge is 0.338 e. The van der Waals surface area contributed by atoms with Crippen molar-refractivity contribution in [3.63, 3.8) is 0 Å². The highest BCUT2D eigenvalue weighted by Gasteiger charge is 2.35. The van der Waals surface area contributed by atoms with Gasteiger partial charge in [0.25, 0.3) is 5.56 Å². The third-order valence-electron chi connectivity index (χ3n) is 7.70. The molecule has 3 heterocycles. The number of rotatable bonds is 8. The summed E-state index contributed by atoms with van der Waals surface area (Å²) in [4.78, 5) is 34.3. The van der Waals surface area contributed by atoms with Crippen molar-refractivity contribution < 1.29 is 14.3 Å². The van der Waals surface area contributed by atoms with Gasteiger partial charge in [-0.25, -0.2) is 9.79 Å². The van der Waals surface area contributed by atoms with Crippen LogP contribution in [0.25, 0.3) is 22.5 Å². The van der Waals surface area contributed by atoms with E-state index in [-0.39, 0.29) is 12.2 Å². The molecule has 228 valence electrons. The average molecular weight is 663 g/mol. The quantitative estimate of drug-likeness (QED) is 0.160. The predicted octanol–water partition coefficient (Wildman–Crippen LogP) is 7.38. The van der Waals surface area contributed by atoms with Crippen molar-refractivity contribution in [2.24, 2.45) is 4.99 Å². The van der Waals surface area contributed by atoms with Crippen LogP contribution in [0.4, 0.5) is 0 Å². The van der Waals surface area contributed by atoms with Gasteiger partial charge in [-0.3, -0.25) is 9.36 Å². The summed E-state index contributed by atoms with van der Waals surface area (Å²) in [5, 5.41) is 4.57. The molecule has 2 aromatic heterocycles. The summed E-state index contributed by atoms with van der Waals surface area (Å²) in [6.07, 6.45) is 1.88. The molecule has 9 heteroatoms. The molecule has 6 nitrogen and oxygen atoms in total. The lowest BCUT2D eigenvalue weighted by atomic mass is 9.97. The van der Waals surface area contributed by atoms with Crippen molar-refractivity contribution >= 4 is 62.8 Å². The second-order valence-corrected chi connectivity index (χ2v) is 13.0. The van der Waals surface area contributed by atoms with Gasteiger partial charge in [-0.2, -0.15) is 0 Å². The first-order valence-corrected chi connectivity index (χ1v) is 16.8. The highest BCUT2D eigenvalue weighted by Crippen LogP contribution is 2.37. The Hall–Kier alpha value is -4.76. The third kappa shape index (κ3) is 5.71. The van der Waals surface area contributed by atoms with Crippen LogP contribution in [0.15, 0.2) is 124 Å². The molecule has 7 rings (SSSR count). The van der Waals surface area contributed by atoms with Crippen molar-refractivity contribution in [2.45, 2.75) is 19.6 Å². The third-order valence-corrected chi connectivity index (χ3v) is 9.86. The number of carbonyl (C=O) groups excluding carboxylic acids is 1. The number of thiophene rings is 1. The molecular weight excluding hydrogens is 636 g/mol. The molecule has 0 fully saturated rings. The van der Waals surface area contributed by atoms with E-state index in [1.165, 1.54) is 22.7 Å². The number of thiazole rings is 1. The zero-order chi connectivity index (χ0) is 31.6. The largest absolute Gasteiger partial charge is 0.488 e. The number of aromatic nitrogens is 1. The summed E-state index contributed by atoms with van der Waals surface area (Å²) in [5.41, 5.74) is 3.13. The Kier molecular flexibility index (Phi) is 8.41. The first-order chi connectivity index (χ1) is 22.5. The van der Waals surface area contributed by atoms with E-state index in [1.807, 2.05) is 115 Å². The van der Waals surface area contributed by atoms with Gasteiger partial charge >= 0.3 is 5.97 Å². The van der Waals surface area contributed by atoms with Crippen LogP contribution in [-0.2, 0) is 16.1 Å². The zero-order valence-electron chi connectivity index (χ0n) is 24.7. The standard InChI is InChI=1S/C37H27ClN2O4S2/c1-2-43-36(42)32-33(25-10-4-3-5-11-25)39-37-40(34(32)30-13-8-20-45-30)35(41)31(46-37)21-28-27-12-7-6-9-24(27)16-19-29(28)44-22-23-14-17-26(38)18-15-23/h3-21,34H,2,22H2,1H3/b31-21-/t34-/m0/s1. The maximum Gasteiger partial charge on any atom is 0.338 e. The summed E-state index contributed by atoms with van der Waals surface area (Å²) in [7, 11) is 0. The summed E-state index contributed by atoms with van der Waals surface area (Å²) < 4.78 is 14.0. The van der Waals surface area contributed by atoms with Crippen LogP contribution in [0.5, 0.6) is 5.75 Å². The molecule has 0 N–H and O–H groups in total. The number of halogens is 1. The monoisotopic (exact) mass is 662 g/mol. The SMILES string of the molecule is CCOC(=O)C1=C(c2ccccc2)N=c2s/c(=C\c3c(OCc4ccc(Cl)cc4)ccc4ccccc34)c(=O)n2[C@H]1c1cccs1. The lowest BCUT2D eigenvalue weighted by molar-refractivity contribution is -0.138. The molecule has 1 aliphatic heterocycles. The molecule has 0 bridgehead atoms. The molecule has 0 amide bonds. The first kappa shape index (κ1) is 29.9. The van der Waals surface area contributed by atoms with Gasteiger partial charge in [-0.15, -0.1) is 11.3 Å². The van der Waals surface area contributed by atoms with Crippen LogP contribution in [0, 0.1) is 0 Å². The van der Waals surface area contributed by atoms with Gasteiger partial charge in [0, 0.05) is 21.0 Å². The Balaban J connectivity index is 1.43. The fourth-order valence-corrected chi connectivity index (χ4v) is 7.51. The lowest BCUT2D eigenvalue weighted by Gasteiger charge is -2.24. The Morgan fingerprint density at radius 3 is 2.50 bits per heavy atom. The molecule has 0 spiro atoms. The predicted molar refractivity (Wildman–Crippen MR) is 185 cm³/mol. The molecule has 1 atom stereocenters. The van der Waals surface area contributed by atoms with Gasteiger partial charge in [0.05, 0.1) is 22.4 Å². The molecule has 1 aliphatic rings. The zero-order valence-corrected chi connectivity index (χ0v) is 27.1. The van der Waals surface area contributed by atoms with Crippen molar-refractivity contribution in [1.29, 1.82) is 0 Å². The number of carbonyl (C=O) groups is 1. The van der Waals surface area contributed by atoms with E-state index in [0.29, 0.717) is 38.0 Å². The lowest BCUT2D eigenvalue weighted by Crippen LogP contribution is -2.39. The van der Waals surface area contributed by atoms with Gasteiger partial charge in [0.2, 0.25) is 0 Å². The number of esters is 1. The Morgan fingerprint density at radius 2 is 1.74 bits per heavy atom. The normalized spacial score (nSPS) is 14.7. The molecule has 4 aromatic carbocycles. The molecule has 0 radical (unpaired) electrons. The van der Waals surface area contributed by atoms with Gasteiger partial charge in [0.15, 0.2) is 4.80 Å². The maximum absolute atomic E-state index is 14.4. The van der Waals surface area contributed by atoms with Crippen LogP contribution in [0.3, 0.4) is 0 Å². The van der Waals surface area contributed by atoms with Crippen LogP contribution in [-0.4, -0.2) is 17.1 Å². The van der Waals surface area contributed by atoms with E-state index in [0.717, 1.165) is 32.3 Å². The molecule has 0 aliphatic carbocycles. The van der Waals surface area contributed by atoms with Crippen molar-refractivity contribution in [3.05, 3.63) is 160 Å². The number of nitrogens with zero attached hydrogens (tertiary/aromatic N) is 2. The van der Waals surface area contributed by atoms with Crippen LogP contribution < -0.4 is 19.6 Å². The Morgan fingerprint density at radius 1 is 0.957 bits per heavy atom. The molecule has 46 heavy (non-hydrogen) atoms. The number of fused-ring (bicyclic) bond motifs is 2. The number of hydrogen-bond donors (Lipinski definition) is 0. The maximum atomic E-state index is 14.4. The van der Waals surface area contributed by atoms with E-state index >= 15 is 0 Å². The van der Waals surface area contributed by atoms with Crippen molar-refractivity contribution in [2.75, 3.05) is 6.61 Å². The average Bonchev–Trinajstić information content (AvgIpc) is 3.73. The van der Waals surface area contributed by atoms with Crippen molar-refractivity contribution in [3.8, 4) is 5.75 Å². The van der Waals surface area contributed by atoms with Gasteiger partial charge in [-0.1, -0.05) is 102 Å². The summed E-state index contributed by atoms with van der Waals surface area (Å²) in [5.74, 6) is 0.149. The van der Waals surface area contributed by atoms with Gasteiger partial charge < -0.3 is 9.47 Å². The Labute approximate surface area is 277 Å². The number of hydrogen-bond acceptors (Lipinski definition) is 7. The van der Waals surface area contributed by atoms with Crippen LogP contribution in [0.2, 0.25) is 5.02 Å². The van der Waals surface area contributed by atoms with E-state index in [4.69, 9.17) is 26.1 Å². The van der Waals surface area contributed by atoms with E-state index < -0.39 is 12.0 Å². The minimum Gasteiger partial charge on any atom is -0.488 e. The summed E-state index contributed by atoms with van der Waals surface area (Å²) >= 11 is 8.86. The highest BCUT2D eigenvalue weighted by molar-refractivity contribution is 7.10. The van der Waals surface area contributed by atoms with Gasteiger partial charge in [0.1, 0.15) is 18.4 Å². The molecule has 6 aromatic rings. The second kappa shape index (κ2) is 12.9. The topological polar surface area (TPSA) is 69.9 Å². The first-order valence-electron chi connectivity index (χ1n) is 14.7. The number of ether oxygens (including phenoxy) is 2. The van der Waals surface area contributed by atoms with Crippen molar-refractivity contribution in [1.82, 2.24) is 4.57 Å². The second-order valence-electron chi connectivity index (χ2n) is 10.6. The van der Waals surface area contributed by atoms with Gasteiger partial charge in [-0.05, 0) is 59.0 Å². The highest BCUT2D eigenvalue weighted by atomic mass is 35.5. The number of benzene rings is 4. The van der Waals surface area contributed by atoms with E-state index in [2.05, 4.69) is 0 Å². The molecular formula is C37H27ClN2O4S2. The molecule has 0 saturated carbocycles. The van der Waals surface area contributed by atoms with E-state index in [9.17, 15) is 9.59 Å². The van der Waals surface area contributed by atoms with Crippen LogP contribution >= 0.6 is 34.3 Å². The van der Waals surface area contributed by atoms with E-state index in [1.54, 1.807) is 11.5 Å². The van der Waals surface area contributed by atoms with Crippen LogP contribution in [0.1, 0.15) is 34.5 Å².